The molecule has 5 nitrogen and oxygen atoms in total. The molecule has 1 N–H and O–H groups in total. The average Bonchev–Trinajstić information content (AvgIpc) is 2.92. The third-order valence-corrected chi connectivity index (χ3v) is 8.84. The Hall–Kier alpha value is -3.17. The molecule has 1 fully saturated rings. The minimum absolute atomic E-state index is 0.121. The van der Waals surface area contributed by atoms with Gasteiger partial charge in [-0.25, -0.2) is 8.42 Å². The summed E-state index contributed by atoms with van der Waals surface area (Å²) in [5.74, 6) is -0.202. The Morgan fingerprint density at radius 3 is 1.97 bits per heavy atom. The summed E-state index contributed by atoms with van der Waals surface area (Å²) in [6.45, 7) is 0.800. The number of hydrogen-bond acceptors (Lipinski definition) is 3. The Kier molecular flexibility index (Phi) is 8.89. The van der Waals surface area contributed by atoms with Gasteiger partial charge in [0.25, 0.3) is 0 Å². The largest absolute Gasteiger partial charge is 0.416 e. The fourth-order valence-electron chi connectivity index (χ4n) is 4.82. The lowest BCUT2D eigenvalue weighted by atomic mass is 9.81. The summed E-state index contributed by atoms with van der Waals surface area (Å²) in [7, 11) is -3.70. The summed E-state index contributed by atoms with van der Waals surface area (Å²) in [4.78, 5) is 13.0. The fourth-order valence-corrected chi connectivity index (χ4v) is 6.34. The molecule has 1 amide bonds. The number of nitrogens with zero attached hydrogens (tertiary/aromatic N) is 1. The summed E-state index contributed by atoms with van der Waals surface area (Å²) < 4.78 is 66.7. The lowest BCUT2D eigenvalue weighted by Gasteiger charge is -2.32. The zero-order valence-electron chi connectivity index (χ0n) is 20.9. The highest BCUT2D eigenvalue weighted by Crippen LogP contribution is 2.32. The Bertz CT molecular complexity index is 1290. The number of sulfonamides is 1. The summed E-state index contributed by atoms with van der Waals surface area (Å²) in [6, 6.07) is 22.7. The van der Waals surface area contributed by atoms with Crippen molar-refractivity contribution in [2.75, 3.05) is 6.54 Å². The molecular weight excluding hydrogens is 513 g/mol. The van der Waals surface area contributed by atoms with Crippen molar-refractivity contribution in [3.63, 3.8) is 0 Å². The summed E-state index contributed by atoms with van der Waals surface area (Å²) in [5, 5.41) is 2.83. The van der Waals surface area contributed by atoms with E-state index in [4.69, 9.17) is 0 Å². The minimum Gasteiger partial charge on any atom is -0.352 e. The van der Waals surface area contributed by atoms with Crippen LogP contribution in [0.15, 0.2) is 89.8 Å². The fraction of sp³-hybridized carbons (Fsp3) is 0.345. The van der Waals surface area contributed by atoms with E-state index in [9.17, 15) is 26.4 Å². The number of nitrogens with one attached hydrogen (secondary N) is 1. The second-order valence-electron chi connectivity index (χ2n) is 9.73. The number of rotatable bonds is 9. The van der Waals surface area contributed by atoms with E-state index in [-0.39, 0.29) is 35.7 Å². The lowest BCUT2D eigenvalue weighted by Crippen LogP contribution is -2.38. The van der Waals surface area contributed by atoms with Crippen LogP contribution in [0.5, 0.6) is 0 Å². The molecule has 0 saturated heterocycles. The highest BCUT2D eigenvalue weighted by Gasteiger charge is 2.32. The van der Waals surface area contributed by atoms with Crippen LogP contribution in [0.25, 0.3) is 0 Å². The standard InChI is InChI=1S/C29H31F3N2O3S/c30-29(31,32)26-17-13-22(14-18-26)19-33-28(35)25-15-11-24(12-16-25)21-34(20-23-7-3-1-4-8-23)38(36,37)27-9-5-2-6-10-27/h1-10,13-14,17-18,24-25H,11-12,15-16,19-21H2,(H,33,35). The van der Waals surface area contributed by atoms with E-state index in [1.807, 2.05) is 30.3 Å². The highest BCUT2D eigenvalue weighted by molar-refractivity contribution is 7.89. The molecule has 0 spiro atoms. The van der Waals surface area contributed by atoms with E-state index in [0.29, 0.717) is 37.8 Å². The molecule has 0 heterocycles. The number of hydrogen-bond donors (Lipinski definition) is 1. The highest BCUT2D eigenvalue weighted by atomic mass is 32.2. The van der Waals surface area contributed by atoms with Gasteiger partial charge in [-0.15, -0.1) is 0 Å². The van der Waals surface area contributed by atoms with Crippen LogP contribution < -0.4 is 5.32 Å². The smallest absolute Gasteiger partial charge is 0.352 e. The third kappa shape index (κ3) is 7.23. The van der Waals surface area contributed by atoms with Gasteiger partial charge in [-0.3, -0.25) is 4.79 Å². The van der Waals surface area contributed by atoms with Crippen LogP contribution in [0.2, 0.25) is 0 Å². The van der Waals surface area contributed by atoms with Gasteiger partial charge in [0.05, 0.1) is 10.5 Å². The molecule has 0 radical (unpaired) electrons. The topological polar surface area (TPSA) is 66.5 Å². The SMILES string of the molecule is O=C(NCc1ccc(C(F)(F)F)cc1)C1CCC(CN(Cc2ccccc2)S(=O)(=O)c2ccccc2)CC1. The van der Waals surface area contributed by atoms with Crippen molar-refractivity contribution in [3.8, 4) is 0 Å². The van der Waals surface area contributed by atoms with Crippen molar-refractivity contribution in [2.45, 2.75) is 49.8 Å². The molecule has 1 saturated carbocycles. The molecule has 1 aliphatic rings. The Labute approximate surface area is 221 Å². The van der Waals surface area contributed by atoms with Gasteiger partial charge in [0.2, 0.25) is 15.9 Å². The van der Waals surface area contributed by atoms with Gasteiger partial charge in [-0.1, -0.05) is 60.7 Å². The molecule has 4 rings (SSSR count). The van der Waals surface area contributed by atoms with Gasteiger partial charge in [0, 0.05) is 25.6 Å². The average molecular weight is 545 g/mol. The number of halogens is 3. The molecular formula is C29H31F3N2O3S. The van der Waals surface area contributed by atoms with Crippen molar-refractivity contribution < 1.29 is 26.4 Å². The number of carbonyl (C=O) groups excluding carboxylic acids is 1. The summed E-state index contributed by atoms with van der Waals surface area (Å²) in [6.07, 6.45) is -1.69. The maximum Gasteiger partial charge on any atom is 0.416 e. The van der Waals surface area contributed by atoms with Crippen LogP contribution in [0.3, 0.4) is 0 Å². The number of carbonyl (C=O) groups is 1. The van der Waals surface area contributed by atoms with Gasteiger partial charge < -0.3 is 5.32 Å². The first kappa shape index (κ1) is 27.9. The van der Waals surface area contributed by atoms with Crippen LogP contribution in [0.4, 0.5) is 13.2 Å². The van der Waals surface area contributed by atoms with Crippen molar-refractivity contribution in [3.05, 3.63) is 102 Å². The first-order valence-electron chi connectivity index (χ1n) is 12.7. The van der Waals surface area contributed by atoms with E-state index in [0.717, 1.165) is 17.7 Å². The molecule has 0 bridgehead atoms. The molecule has 3 aromatic carbocycles. The number of amides is 1. The van der Waals surface area contributed by atoms with Crippen LogP contribution in [-0.4, -0.2) is 25.2 Å². The molecule has 0 atom stereocenters. The van der Waals surface area contributed by atoms with Crippen LogP contribution in [0.1, 0.15) is 42.4 Å². The second-order valence-corrected chi connectivity index (χ2v) is 11.7. The summed E-state index contributed by atoms with van der Waals surface area (Å²) in [5.41, 5.74) is 0.785. The van der Waals surface area contributed by atoms with E-state index in [1.54, 1.807) is 30.3 Å². The first-order valence-corrected chi connectivity index (χ1v) is 14.1. The normalized spacial score (nSPS) is 18.3. The Balaban J connectivity index is 1.34. The minimum atomic E-state index is -4.39. The Morgan fingerprint density at radius 1 is 0.816 bits per heavy atom. The van der Waals surface area contributed by atoms with Crippen molar-refractivity contribution in [2.24, 2.45) is 11.8 Å². The maximum atomic E-state index is 13.5. The van der Waals surface area contributed by atoms with Crippen LogP contribution >= 0.6 is 0 Å². The molecule has 38 heavy (non-hydrogen) atoms. The molecule has 0 unspecified atom stereocenters. The van der Waals surface area contributed by atoms with E-state index in [1.165, 1.54) is 16.4 Å². The lowest BCUT2D eigenvalue weighted by molar-refractivity contribution is -0.137. The van der Waals surface area contributed by atoms with Crippen molar-refractivity contribution in [1.29, 1.82) is 0 Å². The van der Waals surface area contributed by atoms with E-state index < -0.39 is 21.8 Å². The number of alkyl halides is 3. The van der Waals surface area contributed by atoms with Gasteiger partial charge in [-0.05, 0) is 67.0 Å². The zero-order chi connectivity index (χ0) is 27.2. The zero-order valence-corrected chi connectivity index (χ0v) is 21.7. The van der Waals surface area contributed by atoms with E-state index >= 15 is 0 Å². The van der Waals surface area contributed by atoms with Gasteiger partial charge in [0.1, 0.15) is 0 Å². The van der Waals surface area contributed by atoms with Crippen LogP contribution in [0, 0.1) is 11.8 Å². The maximum absolute atomic E-state index is 13.5. The predicted octanol–water partition coefficient (Wildman–Crippen LogP) is 6.02. The molecule has 1 aliphatic carbocycles. The van der Waals surface area contributed by atoms with Crippen molar-refractivity contribution >= 4 is 15.9 Å². The molecule has 202 valence electrons. The first-order chi connectivity index (χ1) is 18.1. The van der Waals surface area contributed by atoms with Gasteiger partial charge in [0.15, 0.2) is 0 Å². The monoisotopic (exact) mass is 544 g/mol. The quantitative estimate of drug-likeness (QED) is 0.358. The van der Waals surface area contributed by atoms with Crippen molar-refractivity contribution in [1.82, 2.24) is 9.62 Å². The predicted molar refractivity (Wildman–Crippen MR) is 139 cm³/mol. The second kappa shape index (κ2) is 12.1. The number of benzene rings is 3. The third-order valence-electron chi connectivity index (χ3n) is 7.01. The molecule has 0 aliphatic heterocycles. The van der Waals surface area contributed by atoms with Gasteiger partial charge in [-0.2, -0.15) is 17.5 Å². The van der Waals surface area contributed by atoms with Gasteiger partial charge >= 0.3 is 6.18 Å². The van der Waals surface area contributed by atoms with E-state index in [2.05, 4.69) is 5.32 Å². The molecule has 0 aromatic heterocycles. The molecule has 3 aromatic rings. The molecule has 9 heteroatoms. The summed E-state index contributed by atoms with van der Waals surface area (Å²) >= 11 is 0. The van der Waals surface area contributed by atoms with Crippen LogP contribution in [-0.2, 0) is 34.1 Å². The Morgan fingerprint density at radius 2 is 1.39 bits per heavy atom.